The Morgan fingerprint density at radius 1 is 1.57 bits per heavy atom. The number of nitrogens with two attached hydrogens (primary N) is 1. The summed E-state index contributed by atoms with van der Waals surface area (Å²) >= 11 is 0. The fraction of sp³-hybridized carbons (Fsp3) is 0.700. The van der Waals surface area contributed by atoms with E-state index in [0.29, 0.717) is 12.5 Å². The molecule has 14 heavy (non-hydrogen) atoms. The van der Waals surface area contributed by atoms with E-state index in [4.69, 9.17) is 10.5 Å². The van der Waals surface area contributed by atoms with Gasteiger partial charge in [0, 0.05) is 44.0 Å². The minimum atomic E-state index is 0.579. The summed E-state index contributed by atoms with van der Waals surface area (Å²) in [6, 6.07) is 0. The first-order valence-electron chi connectivity index (χ1n) is 5.11. The highest BCUT2D eigenvalue weighted by Gasteiger charge is 2.21. The van der Waals surface area contributed by atoms with Crippen LogP contribution < -0.4 is 5.73 Å². The summed E-state index contributed by atoms with van der Waals surface area (Å²) in [5, 5.41) is 4.26. The van der Waals surface area contributed by atoms with Crippen molar-refractivity contribution >= 4 is 0 Å². The Balaban J connectivity index is 2.23. The minimum absolute atomic E-state index is 0.579. The molecule has 0 saturated carbocycles. The van der Waals surface area contributed by atoms with Crippen molar-refractivity contribution in [2.75, 3.05) is 13.2 Å². The predicted molar refractivity (Wildman–Crippen MR) is 53.9 cm³/mol. The van der Waals surface area contributed by atoms with Gasteiger partial charge in [0.15, 0.2) is 0 Å². The third-order valence-corrected chi connectivity index (χ3v) is 2.89. The van der Waals surface area contributed by atoms with Gasteiger partial charge in [-0.05, 0) is 12.8 Å². The molecule has 1 aliphatic heterocycles. The van der Waals surface area contributed by atoms with Gasteiger partial charge in [-0.1, -0.05) is 0 Å². The van der Waals surface area contributed by atoms with Crippen LogP contribution in [0.1, 0.15) is 30.0 Å². The third kappa shape index (κ3) is 1.67. The fourth-order valence-corrected chi connectivity index (χ4v) is 2.15. The number of ether oxygens (including phenoxy) is 1. The van der Waals surface area contributed by atoms with Crippen molar-refractivity contribution in [1.82, 2.24) is 9.78 Å². The van der Waals surface area contributed by atoms with Gasteiger partial charge in [0.2, 0.25) is 0 Å². The van der Waals surface area contributed by atoms with E-state index in [1.165, 1.54) is 11.3 Å². The number of aromatic nitrogens is 2. The van der Waals surface area contributed by atoms with E-state index in [1.54, 1.807) is 0 Å². The van der Waals surface area contributed by atoms with Crippen LogP contribution in [-0.4, -0.2) is 23.0 Å². The molecule has 2 N–H and O–H groups in total. The Kier molecular flexibility index (Phi) is 2.84. The van der Waals surface area contributed by atoms with Crippen molar-refractivity contribution in [2.45, 2.75) is 25.3 Å². The van der Waals surface area contributed by atoms with Gasteiger partial charge in [0.25, 0.3) is 0 Å². The number of hydrogen-bond acceptors (Lipinski definition) is 3. The highest BCUT2D eigenvalue weighted by Crippen LogP contribution is 2.28. The van der Waals surface area contributed by atoms with Crippen LogP contribution in [0.2, 0.25) is 0 Å². The molecule has 78 valence electrons. The van der Waals surface area contributed by atoms with Crippen LogP contribution in [-0.2, 0) is 18.3 Å². The summed E-state index contributed by atoms with van der Waals surface area (Å²) in [4.78, 5) is 0. The van der Waals surface area contributed by atoms with E-state index < -0.39 is 0 Å². The van der Waals surface area contributed by atoms with Gasteiger partial charge in [-0.25, -0.2) is 0 Å². The standard InChI is InChI=1S/C10H17N3O/c1-13-10(9(6-11)7-12-13)8-2-4-14-5-3-8/h7-8H,2-6,11H2,1H3. The van der Waals surface area contributed by atoms with Crippen LogP contribution in [0.5, 0.6) is 0 Å². The molecule has 0 aliphatic carbocycles. The molecule has 1 aromatic heterocycles. The zero-order chi connectivity index (χ0) is 9.97. The lowest BCUT2D eigenvalue weighted by Crippen LogP contribution is -2.18. The Bertz CT molecular complexity index is 302. The van der Waals surface area contributed by atoms with Crippen molar-refractivity contribution in [2.24, 2.45) is 12.8 Å². The fourth-order valence-electron chi connectivity index (χ4n) is 2.15. The average Bonchev–Trinajstić information content (AvgIpc) is 2.61. The molecule has 0 aromatic carbocycles. The van der Waals surface area contributed by atoms with Crippen LogP contribution in [0.15, 0.2) is 6.20 Å². The van der Waals surface area contributed by atoms with Crippen molar-refractivity contribution in [3.8, 4) is 0 Å². The Hall–Kier alpha value is -0.870. The molecule has 1 aliphatic rings. The van der Waals surface area contributed by atoms with E-state index >= 15 is 0 Å². The van der Waals surface area contributed by atoms with Gasteiger partial charge < -0.3 is 10.5 Å². The van der Waals surface area contributed by atoms with Crippen LogP contribution in [0.4, 0.5) is 0 Å². The maximum absolute atomic E-state index is 5.69. The van der Waals surface area contributed by atoms with Crippen molar-refractivity contribution in [1.29, 1.82) is 0 Å². The molecule has 1 aromatic rings. The normalized spacial score (nSPS) is 18.7. The third-order valence-electron chi connectivity index (χ3n) is 2.89. The van der Waals surface area contributed by atoms with E-state index in [0.717, 1.165) is 26.1 Å². The second kappa shape index (κ2) is 4.11. The Morgan fingerprint density at radius 3 is 2.93 bits per heavy atom. The predicted octanol–water partition coefficient (Wildman–Crippen LogP) is 0.773. The highest BCUT2D eigenvalue weighted by molar-refractivity contribution is 5.21. The Labute approximate surface area is 84.0 Å². The summed E-state index contributed by atoms with van der Waals surface area (Å²) < 4.78 is 7.31. The summed E-state index contributed by atoms with van der Waals surface area (Å²) in [5.41, 5.74) is 8.17. The zero-order valence-electron chi connectivity index (χ0n) is 8.57. The zero-order valence-corrected chi connectivity index (χ0v) is 8.57. The molecular weight excluding hydrogens is 178 g/mol. The second-order valence-corrected chi connectivity index (χ2v) is 3.77. The minimum Gasteiger partial charge on any atom is -0.381 e. The lowest BCUT2D eigenvalue weighted by atomic mass is 9.94. The van der Waals surface area contributed by atoms with E-state index in [-0.39, 0.29) is 0 Å². The molecule has 2 rings (SSSR count). The topological polar surface area (TPSA) is 53.1 Å². The molecule has 1 saturated heterocycles. The maximum atomic E-state index is 5.69. The van der Waals surface area contributed by atoms with Crippen molar-refractivity contribution in [3.05, 3.63) is 17.5 Å². The molecule has 0 radical (unpaired) electrons. The van der Waals surface area contributed by atoms with Crippen LogP contribution >= 0.6 is 0 Å². The van der Waals surface area contributed by atoms with Gasteiger partial charge in [0.05, 0.1) is 6.20 Å². The van der Waals surface area contributed by atoms with Crippen LogP contribution in [0.3, 0.4) is 0 Å². The highest BCUT2D eigenvalue weighted by atomic mass is 16.5. The van der Waals surface area contributed by atoms with Gasteiger partial charge in [-0.3, -0.25) is 4.68 Å². The molecule has 0 unspecified atom stereocenters. The summed E-state index contributed by atoms with van der Waals surface area (Å²) in [7, 11) is 1.99. The number of hydrogen-bond donors (Lipinski definition) is 1. The first-order chi connectivity index (χ1) is 6.83. The molecular formula is C10H17N3O. The Morgan fingerprint density at radius 2 is 2.29 bits per heavy atom. The SMILES string of the molecule is Cn1ncc(CN)c1C1CCOCC1. The van der Waals surface area contributed by atoms with Gasteiger partial charge >= 0.3 is 0 Å². The first kappa shape index (κ1) is 9.68. The van der Waals surface area contributed by atoms with Gasteiger partial charge in [-0.2, -0.15) is 5.10 Å². The summed E-state index contributed by atoms with van der Waals surface area (Å²) in [6.07, 6.45) is 4.06. The van der Waals surface area contributed by atoms with E-state index in [9.17, 15) is 0 Å². The van der Waals surface area contributed by atoms with Gasteiger partial charge in [0.1, 0.15) is 0 Å². The largest absolute Gasteiger partial charge is 0.381 e. The maximum Gasteiger partial charge on any atom is 0.0537 e. The smallest absolute Gasteiger partial charge is 0.0537 e. The lowest BCUT2D eigenvalue weighted by Gasteiger charge is -2.23. The quantitative estimate of drug-likeness (QED) is 0.758. The number of nitrogens with zero attached hydrogens (tertiary/aromatic N) is 2. The molecule has 4 nitrogen and oxygen atoms in total. The number of rotatable bonds is 2. The van der Waals surface area contributed by atoms with Gasteiger partial charge in [-0.15, -0.1) is 0 Å². The van der Waals surface area contributed by atoms with Crippen molar-refractivity contribution < 1.29 is 4.74 Å². The van der Waals surface area contributed by atoms with Crippen molar-refractivity contribution in [3.63, 3.8) is 0 Å². The molecule has 0 spiro atoms. The average molecular weight is 195 g/mol. The lowest BCUT2D eigenvalue weighted by molar-refractivity contribution is 0.0835. The van der Waals surface area contributed by atoms with E-state index in [2.05, 4.69) is 5.10 Å². The summed E-state index contributed by atoms with van der Waals surface area (Å²) in [6.45, 7) is 2.31. The molecule has 1 fully saturated rings. The van der Waals surface area contributed by atoms with Crippen LogP contribution in [0, 0.1) is 0 Å². The monoisotopic (exact) mass is 195 g/mol. The van der Waals surface area contributed by atoms with E-state index in [1.807, 2.05) is 17.9 Å². The first-order valence-corrected chi connectivity index (χ1v) is 5.11. The molecule has 4 heteroatoms. The molecule has 0 atom stereocenters. The van der Waals surface area contributed by atoms with Crippen LogP contribution in [0.25, 0.3) is 0 Å². The summed E-state index contributed by atoms with van der Waals surface area (Å²) in [5.74, 6) is 0.579. The number of aryl methyl sites for hydroxylation is 1. The molecule has 0 bridgehead atoms. The molecule has 2 heterocycles. The molecule has 0 amide bonds. The second-order valence-electron chi connectivity index (χ2n) is 3.77.